The fourth-order valence-electron chi connectivity index (χ4n) is 3.14. The van der Waals surface area contributed by atoms with E-state index < -0.39 is 0 Å². The standard InChI is InChI=1S/C19H21N7OS/c1-13-9-16(23-20-11-13)26-8-7-15(12-26)21-18-24-25-19(28-18)22-17(27)10-14-5-3-2-4-6-14/h2-6,9,11,15H,7-8,10,12H2,1H3,(H,21,24)(H,22,25,27). The second kappa shape index (κ2) is 8.30. The van der Waals surface area contributed by atoms with E-state index in [1.165, 1.54) is 11.3 Å². The predicted molar refractivity (Wildman–Crippen MR) is 110 cm³/mol. The fourth-order valence-corrected chi connectivity index (χ4v) is 3.88. The number of hydrogen-bond donors (Lipinski definition) is 2. The van der Waals surface area contributed by atoms with Crippen LogP contribution in [0.2, 0.25) is 0 Å². The highest BCUT2D eigenvalue weighted by Gasteiger charge is 2.24. The van der Waals surface area contributed by atoms with Crippen LogP contribution in [-0.2, 0) is 11.2 Å². The first-order valence-corrected chi connectivity index (χ1v) is 9.95. The highest BCUT2D eigenvalue weighted by atomic mass is 32.1. The summed E-state index contributed by atoms with van der Waals surface area (Å²) in [5.74, 6) is 0.800. The minimum atomic E-state index is -0.0982. The summed E-state index contributed by atoms with van der Waals surface area (Å²) in [6.45, 7) is 3.75. The molecule has 2 aromatic heterocycles. The summed E-state index contributed by atoms with van der Waals surface area (Å²) < 4.78 is 0. The minimum absolute atomic E-state index is 0.0982. The van der Waals surface area contributed by atoms with E-state index in [1.54, 1.807) is 6.20 Å². The average molecular weight is 395 g/mol. The molecule has 3 aromatic rings. The molecule has 1 atom stereocenters. The summed E-state index contributed by atoms with van der Waals surface area (Å²) in [5, 5.41) is 23.9. The van der Waals surface area contributed by atoms with Gasteiger partial charge in [0.15, 0.2) is 5.82 Å². The van der Waals surface area contributed by atoms with Gasteiger partial charge in [-0.2, -0.15) is 5.10 Å². The fraction of sp³-hybridized carbons (Fsp3) is 0.316. The van der Waals surface area contributed by atoms with E-state index in [0.717, 1.165) is 36.5 Å². The summed E-state index contributed by atoms with van der Waals surface area (Å²) in [6, 6.07) is 11.9. The number of nitrogens with one attached hydrogen (secondary N) is 2. The molecule has 2 N–H and O–H groups in total. The molecule has 0 bridgehead atoms. The summed E-state index contributed by atoms with van der Waals surface area (Å²) in [4.78, 5) is 14.4. The maximum absolute atomic E-state index is 12.2. The average Bonchev–Trinajstić information content (AvgIpc) is 3.32. The monoisotopic (exact) mass is 395 g/mol. The highest BCUT2D eigenvalue weighted by molar-refractivity contribution is 7.19. The van der Waals surface area contributed by atoms with Gasteiger partial charge in [0.2, 0.25) is 16.2 Å². The van der Waals surface area contributed by atoms with Gasteiger partial charge in [-0.3, -0.25) is 4.79 Å². The number of nitrogens with zero attached hydrogens (tertiary/aromatic N) is 5. The lowest BCUT2D eigenvalue weighted by Crippen LogP contribution is -2.26. The van der Waals surface area contributed by atoms with E-state index in [-0.39, 0.29) is 11.9 Å². The van der Waals surface area contributed by atoms with Crippen molar-refractivity contribution in [3.05, 3.63) is 53.7 Å². The normalized spacial score (nSPS) is 16.2. The number of aromatic nitrogens is 4. The lowest BCUT2D eigenvalue weighted by atomic mass is 10.1. The number of carbonyl (C=O) groups is 1. The van der Waals surface area contributed by atoms with Crippen LogP contribution < -0.4 is 15.5 Å². The number of amides is 1. The molecule has 0 saturated carbocycles. The molecule has 1 aliphatic rings. The van der Waals surface area contributed by atoms with Crippen molar-refractivity contribution in [1.82, 2.24) is 20.4 Å². The SMILES string of the molecule is Cc1cnnc(N2CCC(Nc3nnc(NC(=O)Cc4ccccc4)s3)C2)c1. The molecule has 4 rings (SSSR count). The van der Waals surface area contributed by atoms with Crippen molar-refractivity contribution >= 4 is 33.3 Å². The molecule has 9 heteroatoms. The zero-order valence-corrected chi connectivity index (χ0v) is 16.3. The van der Waals surface area contributed by atoms with Gasteiger partial charge in [-0.1, -0.05) is 41.7 Å². The van der Waals surface area contributed by atoms with Crippen molar-refractivity contribution in [3.8, 4) is 0 Å². The Hall–Kier alpha value is -3.07. The summed E-state index contributed by atoms with van der Waals surface area (Å²) in [5.41, 5.74) is 2.06. The number of carbonyl (C=O) groups excluding carboxylic acids is 1. The summed E-state index contributed by atoms with van der Waals surface area (Å²) >= 11 is 1.35. The summed E-state index contributed by atoms with van der Waals surface area (Å²) in [7, 11) is 0. The van der Waals surface area contributed by atoms with E-state index >= 15 is 0 Å². The smallest absolute Gasteiger partial charge is 0.230 e. The second-order valence-corrected chi connectivity index (χ2v) is 7.77. The van der Waals surface area contributed by atoms with Gasteiger partial charge >= 0.3 is 0 Å². The molecule has 0 aliphatic carbocycles. The number of rotatable bonds is 6. The molecule has 1 amide bonds. The third-order valence-electron chi connectivity index (χ3n) is 4.50. The maximum Gasteiger partial charge on any atom is 0.230 e. The highest BCUT2D eigenvalue weighted by Crippen LogP contribution is 2.24. The van der Waals surface area contributed by atoms with Crippen LogP contribution in [-0.4, -0.2) is 45.4 Å². The number of anilines is 3. The van der Waals surface area contributed by atoms with Crippen LogP contribution in [0, 0.1) is 6.92 Å². The van der Waals surface area contributed by atoms with E-state index in [9.17, 15) is 4.79 Å². The Kier molecular flexibility index (Phi) is 5.43. The van der Waals surface area contributed by atoms with Gasteiger partial charge in [0, 0.05) is 19.1 Å². The number of aryl methyl sites for hydroxylation is 1. The van der Waals surface area contributed by atoms with Gasteiger partial charge in [0.05, 0.1) is 12.6 Å². The molecule has 0 spiro atoms. The van der Waals surface area contributed by atoms with Gasteiger partial charge in [-0.05, 0) is 30.5 Å². The Morgan fingerprint density at radius 3 is 2.86 bits per heavy atom. The van der Waals surface area contributed by atoms with Crippen molar-refractivity contribution in [2.75, 3.05) is 28.6 Å². The van der Waals surface area contributed by atoms with Gasteiger partial charge in [-0.15, -0.1) is 15.3 Å². The molecule has 1 aromatic carbocycles. The lowest BCUT2D eigenvalue weighted by Gasteiger charge is -2.17. The van der Waals surface area contributed by atoms with E-state index in [2.05, 4.69) is 35.9 Å². The number of hydrogen-bond acceptors (Lipinski definition) is 8. The maximum atomic E-state index is 12.2. The molecule has 3 heterocycles. The van der Waals surface area contributed by atoms with Crippen LogP contribution in [0.3, 0.4) is 0 Å². The van der Waals surface area contributed by atoms with Crippen LogP contribution in [0.4, 0.5) is 16.1 Å². The van der Waals surface area contributed by atoms with Crippen LogP contribution >= 0.6 is 11.3 Å². The van der Waals surface area contributed by atoms with Gasteiger partial charge in [-0.25, -0.2) is 0 Å². The van der Waals surface area contributed by atoms with Crippen LogP contribution in [0.25, 0.3) is 0 Å². The van der Waals surface area contributed by atoms with Crippen molar-refractivity contribution in [3.63, 3.8) is 0 Å². The zero-order chi connectivity index (χ0) is 19.3. The van der Waals surface area contributed by atoms with Gasteiger partial charge in [0.1, 0.15) is 0 Å². The van der Waals surface area contributed by atoms with Crippen LogP contribution in [0.15, 0.2) is 42.6 Å². The van der Waals surface area contributed by atoms with Gasteiger partial charge < -0.3 is 15.5 Å². The van der Waals surface area contributed by atoms with Crippen LogP contribution in [0.5, 0.6) is 0 Å². The largest absolute Gasteiger partial charge is 0.355 e. The Labute approximate surface area is 167 Å². The molecule has 1 unspecified atom stereocenters. The van der Waals surface area contributed by atoms with E-state index in [4.69, 9.17) is 0 Å². The van der Waals surface area contributed by atoms with Gasteiger partial charge in [0.25, 0.3) is 0 Å². The molecule has 0 radical (unpaired) electrons. The van der Waals surface area contributed by atoms with Crippen molar-refractivity contribution in [1.29, 1.82) is 0 Å². The quantitative estimate of drug-likeness (QED) is 0.662. The molecular weight excluding hydrogens is 374 g/mol. The topological polar surface area (TPSA) is 95.9 Å². The van der Waals surface area contributed by atoms with Crippen molar-refractivity contribution < 1.29 is 4.79 Å². The Morgan fingerprint density at radius 2 is 2.04 bits per heavy atom. The lowest BCUT2D eigenvalue weighted by molar-refractivity contribution is -0.115. The van der Waals surface area contributed by atoms with E-state index in [1.807, 2.05) is 43.3 Å². The molecule has 1 fully saturated rings. The van der Waals surface area contributed by atoms with Crippen molar-refractivity contribution in [2.45, 2.75) is 25.8 Å². The molecule has 144 valence electrons. The third-order valence-corrected chi connectivity index (χ3v) is 5.27. The third kappa shape index (κ3) is 4.61. The minimum Gasteiger partial charge on any atom is -0.355 e. The van der Waals surface area contributed by atoms with Crippen molar-refractivity contribution in [2.24, 2.45) is 0 Å². The van der Waals surface area contributed by atoms with Crippen LogP contribution in [0.1, 0.15) is 17.5 Å². The Morgan fingerprint density at radius 1 is 1.21 bits per heavy atom. The first kappa shape index (κ1) is 18.3. The first-order valence-electron chi connectivity index (χ1n) is 9.14. The Balaban J connectivity index is 1.30. The summed E-state index contributed by atoms with van der Waals surface area (Å²) in [6.07, 6.45) is 3.05. The van der Waals surface area contributed by atoms with E-state index in [0.29, 0.717) is 16.7 Å². The molecule has 1 aliphatic heterocycles. The Bertz CT molecular complexity index is 946. The molecule has 8 nitrogen and oxygen atoms in total. The molecular formula is C19H21N7OS. The predicted octanol–water partition coefficient (Wildman–Crippen LogP) is 2.51. The molecule has 1 saturated heterocycles. The number of benzene rings is 1. The zero-order valence-electron chi connectivity index (χ0n) is 15.5. The molecule has 28 heavy (non-hydrogen) atoms. The second-order valence-electron chi connectivity index (χ2n) is 6.79. The first-order chi connectivity index (χ1) is 13.7.